The van der Waals surface area contributed by atoms with Crippen LogP contribution >= 0.6 is 27.5 Å². The fourth-order valence-electron chi connectivity index (χ4n) is 1.95. The van der Waals surface area contributed by atoms with Gasteiger partial charge in [0, 0.05) is 23.1 Å². The Balaban J connectivity index is 2.33. The van der Waals surface area contributed by atoms with Crippen LogP contribution in [-0.4, -0.2) is 26.9 Å². The number of hydrogen-bond acceptors (Lipinski definition) is 3. The lowest BCUT2D eigenvalue weighted by molar-refractivity contribution is 0.397. The maximum Gasteiger partial charge on any atom is 0.246 e. The first-order valence-corrected chi connectivity index (χ1v) is 9.00. The molecule has 0 fully saturated rings. The van der Waals surface area contributed by atoms with Crippen LogP contribution in [0.1, 0.15) is 5.56 Å². The van der Waals surface area contributed by atoms with Crippen molar-refractivity contribution in [1.82, 2.24) is 4.31 Å². The summed E-state index contributed by atoms with van der Waals surface area (Å²) in [7, 11) is -0.689. The number of hydrogen-bond donors (Lipinski definition) is 0. The molecule has 0 heterocycles. The summed E-state index contributed by atoms with van der Waals surface area (Å²) < 4.78 is 32.6. The molecule has 0 atom stereocenters. The summed E-state index contributed by atoms with van der Waals surface area (Å²) in [5, 5.41) is 0.614. The van der Waals surface area contributed by atoms with E-state index in [0.29, 0.717) is 15.2 Å². The molecule has 0 saturated heterocycles. The van der Waals surface area contributed by atoms with E-state index in [2.05, 4.69) is 15.9 Å². The predicted octanol–water partition coefficient (Wildman–Crippen LogP) is 3.93. The van der Waals surface area contributed by atoms with Crippen molar-refractivity contribution in [3.63, 3.8) is 0 Å². The van der Waals surface area contributed by atoms with E-state index in [1.54, 1.807) is 36.4 Å². The number of methoxy groups -OCH3 is 1. The molecule has 0 radical (unpaired) electrons. The van der Waals surface area contributed by atoms with Crippen LogP contribution in [0.5, 0.6) is 5.75 Å². The molecule has 0 aromatic heterocycles. The van der Waals surface area contributed by atoms with Crippen LogP contribution in [0.2, 0.25) is 5.02 Å². The maximum atomic E-state index is 12.7. The summed E-state index contributed by atoms with van der Waals surface area (Å²) >= 11 is 9.13. The molecule has 2 aromatic rings. The zero-order valence-electron chi connectivity index (χ0n) is 12.1. The molecule has 0 aliphatic rings. The van der Waals surface area contributed by atoms with Gasteiger partial charge in [-0.3, -0.25) is 0 Å². The van der Waals surface area contributed by atoms with Crippen molar-refractivity contribution in [3.05, 3.63) is 57.5 Å². The zero-order valence-corrected chi connectivity index (χ0v) is 15.2. The average Bonchev–Trinajstić information content (AvgIpc) is 2.49. The van der Waals surface area contributed by atoms with Crippen LogP contribution in [0.4, 0.5) is 0 Å². The largest absolute Gasteiger partial charge is 0.495 e. The zero-order chi connectivity index (χ0) is 16.3. The van der Waals surface area contributed by atoms with Gasteiger partial charge in [-0.15, -0.1) is 0 Å². The van der Waals surface area contributed by atoms with Gasteiger partial charge in [0.15, 0.2) is 0 Å². The van der Waals surface area contributed by atoms with Gasteiger partial charge in [0.25, 0.3) is 0 Å². The number of nitrogens with zero attached hydrogens (tertiary/aromatic N) is 1. The van der Waals surface area contributed by atoms with Crippen molar-refractivity contribution in [2.45, 2.75) is 11.4 Å². The molecule has 0 aliphatic heterocycles. The highest BCUT2D eigenvalue weighted by Gasteiger charge is 2.25. The van der Waals surface area contributed by atoms with Gasteiger partial charge in [-0.1, -0.05) is 39.7 Å². The van der Waals surface area contributed by atoms with Crippen molar-refractivity contribution >= 4 is 37.6 Å². The Labute approximate surface area is 143 Å². The van der Waals surface area contributed by atoms with Gasteiger partial charge in [0.2, 0.25) is 10.0 Å². The third-order valence-electron chi connectivity index (χ3n) is 3.13. The van der Waals surface area contributed by atoms with Gasteiger partial charge < -0.3 is 4.74 Å². The number of halogens is 2. The van der Waals surface area contributed by atoms with Crippen molar-refractivity contribution < 1.29 is 13.2 Å². The third-order valence-corrected chi connectivity index (χ3v) is 5.70. The highest BCUT2D eigenvalue weighted by Crippen LogP contribution is 2.29. The van der Waals surface area contributed by atoms with Crippen molar-refractivity contribution in [2.75, 3.05) is 14.2 Å². The molecule has 0 unspecified atom stereocenters. The number of benzene rings is 2. The van der Waals surface area contributed by atoms with E-state index in [1.807, 2.05) is 0 Å². The summed E-state index contributed by atoms with van der Waals surface area (Å²) in [5.41, 5.74) is 0.851. The predicted molar refractivity (Wildman–Crippen MR) is 90.8 cm³/mol. The molecule has 118 valence electrons. The van der Waals surface area contributed by atoms with Crippen LogP contribution in [0.25, 0.3) is 0 Å². The van der Waals surface area contributed by atoms with E-state index < -0.39 is 10.0 Å². The van der Waals surface area contributed by atoms with Crippen molar-refractivity contribution in [1.29, 1.82) is 0 Å². The van der Waals surface area contributed by atoms with Crippen molar-refractivity contribution in [2.24, 2.45) is 0 Å². The SMILES string of the molecule is COc1ccc(Br)cc1S(=O)(=O)N(C)Cc1ccc(Cl)cc1. The quantitative estimate of drug-likeness (QED) is 0.758. The lowest BCUT2D eigenvalue weighted by Gasteiger charge is -2.19. The van der Waals surface area contributed by atoms with Gasteiger partial charge in [0.1, 0.15) is 10.6 Å². The molecule has 2 aromatic carbocycles. The minimum atomic E-state index is -3.67. The van der Waals surface area contributed by atoms with Crippen LogP contribution in [-0.2, 0) is 16.6 Å². The van der Waals surface area contributed by atoms with Gasteiger partial charge in [0.05, 0.1) is 7.11 Å². The van der Waals surface area contributed by atoms with E-state index >= 15 is 0 Å². The molecule has 4 nitrogen and oxygen atoms in total. The van der Waals surface area contributed by atoms with E-state index in [-0.39, 0.29) is 11.4 Å². The first-order valence-electron chi connectivity index (χ1n) is 6.39. The fourth-order valence-corrected chi connectivity index (χ4v) is 3.93. The highest BCUT2D eigenvalue weighted by atomic mass is 79.9. The summed E-state index contributed by atoms with van der Waals surface area (Å²) in [4.78, 5) is 0.126. The standard InChI is InChI=1S/C15H15BrClNO3S/c1-18(10-11-3-6-13(17)7-4-11)22(19,20)15-9-12(16)5-8-14(15)21-2/h3-9H,10H2,1-2H3. The van der Waals surface area contributed by atoms with E-state index in [4.69, 9.17) is 16.3 Å². The summed E-state index contributed by atoms with van der Waals surface area (Å²) in [6.07, 6.45) is 0. The second kappa shape index (κ2) is 7.00. The Morgan fingerprint density at radius 3 is 2.41 bits per heavy atom. The van der Waals surface area contributed by atoms with Crippen LogP contribution < -0.4 is 4.74 Å². The smallest absolute Gasteiger partial charge is 0.246 e. The molecule has 0 spiro atoms. The summed E-state index contributed by atoms with van der Waals surface area (Å²) in [5.74, 6) is 0.311. The van der Waals surface area contributed by atoms with Crippen LogP contribution in [0, 0.1) is 0 Å². The lowest BCUT2D eigenvalue weighted by Crippen LogP contribution is -2.26. The molecule has 0 aliphatic carbocycles. The van der Waals surface area contributed by atoms with Gasteiger partial charge >= 0.3 is 0 Å². The second-order valence-corrected chi connectivity index (χ2v) is 8.05. The lowest BCUT2D eigenvalue weighted by atomic mass is 10.2. The number of rotatable bonds is 5. The Bertz CT molecular complexity index is 763. The topological polar surface area (TPSA) is 46.6 Å². The fraction of sp³-hybridized carbons (Fsp3) is 0.200. The molecule has 0 N–H and O–H groups in total. The Morgan fingerprint density at radius 1 is 1.18 bits per heavy atom. The van der Waals surface area contributed by atoms with Gasteiger partial charge in [-0.25, -0.2) is 8.42 Å². The molecular formula is C15H15BrClNO3S. The molecule has 22 heavy (non-hydrogen) atoms. The average molecular weight is 405 g/mol. The van der Waals surface area contributed by atoms with Gasteiger partial charge in [-0.05, 0) is 35.9 Å². The van der Waals surface area contributed by atoms with Crippen molar-refractivity contribution in [3.8, 4) is 5.75 Å². The molecule has 7 heteroatoms. The summed E-state index contributed by atoms with van der Waals surface area (Å²) in [6.45, 7) is 0.245. The first kappa shape index (κ1) is 17.3. The Hall–Kier alpha value is -1.08. The second-order valence-electron chi connectivity index (χ2n) is 4.68. The van der Waals surface area contributed by atoms with Crippen LogP contribution in [0.3, 0.4) is 0 Å². The number of ether oxygens (including phenoxy) is 1. The third kappa shape index (κ3) is 3.81. The normalized spacial score (nSPS) is 11.7. The minimum absolute atomic E-state index is 0.126. The molecular weight excluding hydrogens is 390 g/mol. The first-order chi connectivity index (χ1) is 10.3. The molecule has 0 saturated carbocycles. The Kier molecular flexibility index (Phi) is 5.50. The minimum Gasteiger partial charge on any atom is -0.495 e. The Morgan fingerprint density at radius 2 is 1.82 bits per heavy atom. The van der Waals surface area contributed by atoms with Crippen LogP contribution in [0.15, 0.2) is 51.8 Å². The monoisotopic (exact) mass is 403 g/mol. The van der Waals surface area contributed by atoms with E-state index in [0.717, 1.165) is 5.56 Å². The highest BCUT2D eigenvalue weighted by molar-refractivity contribution is 9.10. The van der Waals surface area contributed by atoms with E-state index in [9.17, 15) is 8.42 Å². The molecule has 0 amide bonds. The van der Waals surface area contributed by atoms with Gasteiger partial charge in [-0.2, -0.15) is 4.31 Å². The molecule has 2 rings (SSSR count). The summed E-state index contributed by atoms with van der Waals surface area (Å²) in [6, 6.07) is 11.9. The molecule has 0 bridgehead atoms. The number of sulfonamides is 1. The van der Waals surface area contributed by atoms with E-state index in [1.165, 1.54) is 24.5 Å². The maximum absolute atomic E-state index is 12.7.